The molecule has 0 spiro atoms. The summed E-state index contributed by atoms with van der Waals surface area (Å²) in [6.45, 7) is 9.25. The average Bonchev–Trinajstić information content (AvgIpc) is 2.56. The number of sulfonamides is 1. The van der Waals surface area contributed by atoms with E-state index < -0.39 is 10.0 Å². The molecular formula is C18H28N2O4S. The van der Waals surface area contributed by atoms with Crippen LogP contribution in [0.5, 0.6) is 5.75 Å². The molecule has 1 aliphatic rings. The Balaban J connectivity index is 2.09. The predicted molar refractivity (Wildman–Crippen MR) is 97.2 cm³/mol. The van der Waals surface area contributed by atoms with Crippen molar-refractivity contribution in [3.05, 3.63) is 23.8 Å². The number of ether oxygens (including phenoxy) is 1. The molecule has 1 fully saturated rings. The third kappa shape index (κ3) is 4.73. The molecule has 6 nitrogen and oxygen atoms in total. The van der Waals surface area contributed by atoms with Gasteiger partial charge in [-0.3, -0.25) is 4.79 Å². The first-order chi connectivity index (χ1) is 11.8. The highest BCUT2D eigenvalue weighted by Crippen LogP contribution is 2.25. The molecule has 25 heavy (non-hydrogen) atoms. The molecule has 0 N–H and O–H groups in total. The van der Waals surface area contributed by atoms with E-state index in [0.29, 0.717) is 38.3 Å². The van der Waals surface area contributed by atoms with E-state index in [1.54, 1.807) is 23.1 Å². The van der Waals surface area contributed by atoms with Crippen molar-refractivity contribution in [1.82, 2.24) is 9.21 Å². The minimum absolute atomic E-state index is 0.0369. The fourth-order valence-electron chi connectivity index (χ4n) is 2.87. The van der Waals surface area contributed by atoms with Crippen molar-refractivity contribution in [2.75, 3.05) is 26.2 Å². The van der Waals surface area contributed by atoms with Crippen LogP contribution in [-0.2, 0) is 14.8 Å². The molecule has 1 amide bonds. The summed E-state index contributed by atoms with van der Waals surface area (Å²) in [4.78, 5) is 14.0. The molecule has 0 aromatic heterocycles. The number of carbonyl (C=O) groups is 1. The van der Waals surface area contributed by atoms with Crippen molar-refractivity contribution >= 4 is 15.9 Å². The number of nitrogens with zero attached hydrogens (tertiary/aromatic N) is 2. The summed E-state index contributed by atoms with van der Waals surface area (Å²) in [5.74, 6) is 0.800. The summed E-state index contributed by atoms with van der Waals surface area (Å²) in [6, 6.07) is 4.96. The van der Waals surface area contributed by atoms with E-state index in [-0.39, 0.29) is 16.9 Å². The Morgan fingerprint density at radius 1 is 1.20 bits per heavy atom. The molecule has 1 heterocycles. The Kier molecular flexibility index (Phi) is 6.46. The van der Waals surface area contributed by atoms with Crippen LogP contribution in [0.3, 0.4) is 0 Å². The van der Waals surface area contributed by atoms with Gasteiger partial charge in [0.2, 0.25) is 15.9 Å². The maximum Gasteiger partial charge on any atom is 0.243 e. The smallest absolute Gasteiger partial charge is 0.243 e. The first-order valence-electron chi connectivity index (χ1n) is 8.81. The van der Waals surface area contributed by atoms with E-state index >= 15 is 0 Å². The number of hydrogen-bond donors (Lipinski definition) is 0. The number of carbonyl (C=O) groups excluding carboxylic acids is 1. The molecular weight excluding hydrogens is 340 g/mol. The lowest BCUT2D eigenvalue weighted by Crippen LogP contribution is -2.50. The highest BCUT2D eigenvalue weighted by atomic mass is 32.2. The van der Waals surface area contributed by atoms with Crippen molar-refractivity contribution in [2.24, 2.45) is 0 Å². The Bertz CT molecular complexity index is 708. The summed E-state index contributed by atoms with van der Waals surface area (Å²) in [5, 5.41) is 0. The van der Waals surface area contributed by atoms with Gasteiger partial charge in [0.15, 0.2) is 0 Å². The molecule has 2 rings (SSSR count). The molecule has 0 radical (unpaired) electrons. The molecule has 1 aliphatic heterocycles. The molecule has 7 heteroatoms. The quantitative estimate of drug-likeness (QED) is 0.773. The van der Waals surface area contributed by atoms with Crippen molar-refractivity contribution in [3.63, 3.8) is 0 Å². The predicted octanol–water partition coefficient (Wildman–Crippen LogP) is 2.42. The largest absolute Gasteiger partial charge is 0.491 e. The van der Waals surface area contributed by atoms with Gasteiger partial charge in [-0.25, -0.2) is 8.42 Å². The van der Waals surface area contributed by atoms with E-state index in [9.17, 15) is 13.2 Å². The number of hydrogen-bond acceptors (Lipinski definition) is 4. The van der Waals surface area contributed by atoms with Crippen LogP contribution in [0.1, 0.15) is 39.2 Å². The Hall–Kier alpha value is -1.60. The minimum Gasteiger partial charge on any atom is -0.491 e. The number of rotatable bonds is 6. The molecule has 0 atom stereocenters. The third-order valence-electron chi connectivity index (χ3n) is 4.20. The standard InChI is InChI=1S/C18H28N2O4S/c1-5-6-18(21)19-9-11-20(12-10-19)25(22,23)16-7-8-17(15(4)13-16)24-14(2)3/h7-8,13-14H,5-6,9-12H2,1-4H3. The van der Waals surface area contributed by atoms with Crippen molar-refractivity contribution in [2.45, 2.75) is 51.5 Å². The van der Waals surface area contributed by atoms with Gasteiger partial charge in [-0.1, -0.05) is 6.92 Å². The maximum absolute atomic E-state index is 12.9. The second kappa shape index (κ2) is 8.19. The Labute approximate surface area is 150 Å². The lowest BCUT2D eigenvalue weighted by molar-refractivity contribution is -0.132. The van der Waals surface area contributed by atoms with Crippen molar-refractivity contribution in [3.8, 4) is 5.75 Å². The van der Waals surface area contributed by atoms with Crippen LogP contribution in [0, 0.1) is 6.92 Å². The topological polar surface area (TPSA) is 66.9 Å². The maximum atomic E-state index is 12.9. The number of amides is 1. The number of benzene rings is 1. The van der Waals surface area contributed by atoms with Crippen LogP contribution >= 0.6 is 0 Å². The van der Waals surface area contributed by atoms with Gasteiger partial charge in [0.25, 0.3) is 0 Å². The fraction of sp³-hybridized carbons (Fsp3) is 0.611. The van der Waals surface area contributed by atoms with E-state index in [4.69, 9.17) is 4.74 Å². The minimum atomic E-state index is -3.55. The van der Waals surface area contributed by atoms with Crippen LogP contribution in [0.2, 0.25) is 0 Å². The van der Waals surface area contributed by atoms with Gasteiger partial charge in [0.05, 0.1) is 11.0 Å². The second-order valence-corrected chi connectivity index (χ2v) is 8.57. The molecule has 0 unspecified atom stereocenters. The zero-order valence-corrected chi connectivity index (χ0v) is 16.3. The van der Waals surface area contributed by atoms with Crippen LogP contribution in [0.25, 0.3) is 0 Å². The van der Waals surface area contributed by atoms with Crippen molar-refractivity contribution < 1.29 is 17.9 Å². The molecule has 140 valence electrons. The van der Waals surface area contributed by atoms with Gasteiger partial charge in [-0.05, 0) is 51.0 Å². The highest BCUT2D eigenvalue weighted by Gasteiger charge is 2.30. The first kappa shape index (κ1) is 19.7. The summed E-state index contributed by atoms with van der Waals surface area (Å²) in [6.07, 6.45) is 1.36. The molecule has 1 aromatic rings. The fourth-order valence-corrected chi connectivity index (χ4v) is 4.38. The van der Waals surface area contributed by atoms with Crippen LogP contribution < -0.4 is 4.74 Å². The van der Waals surface area contributed by atoms with Gasteiger partial charge < -0.3 is 9.64 Å². The first-order valence-corrected chi connectivity index (χ1v) is 10.2. The summed E-state index contributed by atoms with van der Waals surface area (Å²) in [5.41, 5.74) is 0.798. The lowest BCUT2D eigenvalue weighted by atomic mass is 10.2. The lowest BCUT2D eigenvalue weighted by Gasteiger charge is -2.34. The second-order valence-electron chi connectivity index (χ2n) is 6.63. The van der Waals surface area contributed by atoms with E-state index in [1.807, 2.05) is 27.7 Å². The molecule has 1 saturated heterocycles. The van der Waals surface area contributed by atoms with Gasteiger partial charge >= 0.3 is 0 Å². The van der Waals surface area contributed by atoms with E-state index in [2.05, 4.69) is 0 Å². The van der Waals surface area contributed by atoms with Crippen LogP contribution in [0.15, 0.2) is 23.1 Å². The molecule has 1 aromatic carbocycles. The zero-order valence-electron chi connectivity index (χ0n) is 15.5. The highest BCUT2D eigenvalue weighted by molar-refractivity contribution is 7.89. The molecule has 0 aliphatic carbocycles. The normalized spacial score (nSPS) is 16.3. The zero-order chi connectivity index (χ0) is 18.6. The van der Waals surface area contributed by atoms with E-state index in [0.717, 1.165) is 12.0 Å². The van der Waals surface area contributed by atoms with Crippen molar-refractivity contribution in [1.29, 1.82) is 0 Å². The number of aryl methyl sites for hydroxylation is 1. The number of piperazine rings is 1. The molecule has 0 saturated carbocycles. The van der Waals surface area contributed by atoms with Gasteiger partial charge in [-0.2, -0.15) is 4.31 Å². The van der Waals surface area contributed by atoms with E-state index in [1.165, 1.54) is 4.31 Å². The van der Waals surface area contributed by atoms with Gasteiger partial charge in [0.1, 0.15) is 5.75 Å². The Morgan fingerprint density at radius 2 is 1.84 bits per heavy atom. The monoisotopic (exact) mass is 368 g/mol. The Morgan fingerprint density at radius 3 is 2.36 bits per heavy atom. The third-order valence-corrected chi connectivity index (χ3v) is 6.10. The summed E-state index contributed by atoms with van der Waals surface area (Å²) < 4.78 is 32.8. The molecule has 0 bridgehead atoms. The van der Waals surface area contributed by atoms with Crippen LogP contribution in [-0.4, -0.2) is 55.8 Å². The van der Waals surface area contributed by atoms with Gasteiger partial charge in [-0.15, -0.1) is 0 Å². The summed E-state index contributed by atoms with van der Waals surface area (Å²) >= 11 is 0. The summed E-state index contributed by atoms with van der Waals surface area (Å²) in [7, 11) is -3.55. The van der Waals surface area contributed by atoms with Gasteiger partial charge in [0, 0.05) is 32.6 Å². The van der Waals surface area contributed by atoms with Crippen LogP contribution in [0.4, 0.5) is 0 Å². The average molecular weight is 368 g/mol. The SMILES string of the molecule is CCCC(=O)N1CCN(S(=O)(=O)c2ccc(OC(C)C)c(C)c2)CC1.